The molecule has 1 aromatic heterocycles. The van der Waals surface area contributed by atoms with Crippen molar-refractivity contribution in [3.63, 3.8) is 0 Å². The number of carbonyl (C=O) groups is 2. The molecular weight excluding hydrogens is 294 g/mol. The summed E-state index contributed by atoms with van der Waals surface area (Å²) in [5, 5.41) is 9.16. The van der Waals surface area contributed by atoms with Crippen LogP contribution in [0.25, 0.3) is 0 Å². The van der Waals surface area contributed by atoms with E-state index in [0.717, 1.165) is 43.7 Å². The molecule has 0 radical (unpaired) electrons. The van der Waals surface area contributed by atoms with Gasteiger partial charge >= 0.3 is 5.97 Å². The van der Waals surface area contributed by atoms with Crippen LogP contribution in [-0.4, -0.2) is 28.4 Å². The second-order valence-electron chi connectivity index (χ2n) is 6.89. The number of likely N-dealkylation sites (tertiary alicyclic amines) is 1. The van der Waals surface area contributed by atoms with Gasteiger partial charge in [-0.2, -0.15) is 0 Å². The second-order valence-corrected chi connectivity index (χ2v) is 6.89. The van der Waals surface area contributed by atoms with Crippen molar-refractivity contribution in [2.45, 2.75) is 57.9 Å². The molecule has 1 aromatic rings. The summed E-state index contributed by atoms with van der Waals surface area (Å²) in [7, 11) is 0. The molecule has 2 heterocycles. The number of carbonyl (C=O) groups excluding carboxylic acids is 1. The van der Waals surface area contributed by atoms with Gasteiger partial charge in [-0.3, -0.25) is 9.59 Å². The predicted molar refractivity (Wildman–Crippen MR) is 84.8 cm³/mol. The number of nitrogens with zero attached hydrogens (tertiary/aromatic N) is 1. The zero-order valence-electron chi connectivity index (χ0n) is 13.7. The quantitative estimate of drug-likeness (QED) is 0.925. The van der Waals surface area contributed by atoms with E-state index in [4.69, 9.17) is 9.52 Å². The monoisotopic (exact) mass is 319 g/mol. The van der Waals surface area contributed by atoms with E-state index in [2.05, 4.69) is 0 Å². The third-order valence-corrected chi connectivity index (χ3v) is 5.26. The standard InChI is InChI=1S/C18H25NO4/c1-12-6-9-16(23-12)15-5-3-2-4-10-19(15)17(20)13-7-8-14(11-13)18(21)22/h6,9,13-15H,2-5,7-8,10-11H2,1H3,(H,21,22)/t13-,14+,15?/m1/s1. The van der Waals surface area contributed by atoms with Crippen molar-refractivity contribution in [2.24, 2.45) is 11.8 Å². The Morgan fingerprint density at radius 2 is 1.91 bits per heavy atom. The van der Waals surface area contributed by atoms with Gasteiger partial charge in [0.25, 0.3) is 0 Å². The van der Waals surface area contributed by atoms with Crippen LogP contribution in [0.1, 0.15) is 62.5 Å². The summed E-state index contributed by atoms with van der Waals surface area (Å²) < 4.78 is 5.79. The zero-order valence-corrected chi connectivity index (χ0v) is 13.7. The minimum absolute atomic E-state index is 0.00239. The van der Waals surface area contributed by atoms with E-state index in [-0.39, 0.29) is 23.8 Å². The first-order chi connectivity index (χ1) is 11.1. The fourth-order valence-electron chi connectivity index (χ4n) is 3.97. The van der Waals surface area contributed by atoms with Crippen LogP contribution in [0.2, 0.25) is 0 Å². The number of rotatable bonds is 3. The van der Waals surface area contributed by atoms with Gasteiger partial charge in [-0.1, -0.05) is 12.8 Å². The number of furan rings is 1. The molecule has 1 saturated heterocycles. The van der Waals surface area contributed by atoms with E-state index in [1.54, 1.807) is 0 Å². The molecule has 1 N–H and O–H groups in total. The summed E-state index contributed by atoms with van der Waals surface area (Å²) in [5.41, 5.74) is 0. The Morgan fingerprint density at radius 1 is 1.13 bits per heavy atom. The molecule has 1 saturated carbocycles. The summed E-state index contributed by atoms with van der Waals surface area (Å²) in [4.78, 5) is 26.1. The molecule has 1 aliphatic carbocycles. The number of aliphatic carboxylic acids is 1. The van der Waals surface area contributed by atoms with Crippen LogP contribution in [0.3, 0.4) is 0 Å². The minimum atomic E-state index is -0.769. The minimum Gasteiger partial charge on any atom is -0.481 e. The number of carboxylic acids is 1. The molecule has 3 atom stereocenters. The van der Waals surface area contributed by atoms with Crippen molar-refractivity contribution in [1.29, 1.82) is 0 Å². The van der Waals surface area contributed by atoms with Crippen molar-refractivity contribution >= 4 is 11.9 Å². The number of hydrogen-bond donors (Lipinski definition) is 1. The summed E-state index contributed by atoms with van der Waals surface area (Å²) in [6, 6.07) is 3.92. The van der Waals surface area contributed by atoms with Gasteiger partial charge < -0.3 is 14.4 Å². The summed E-state index contributed by atoms with van der Waals surface area (Å²) in [5.74, 6) is 0.575. The molecule has 1 amide bonds. The Kier molecular flexibility index (Phi) is 4.74. The Hall–Kier alpha value is -1.78. The lowest BCUT2D eigenvalue weighted by atomic mass is 10.0. The van der Waals surface area contributed by atoms with Crippen molar-refractivity contribution in [2.75, 3.05) is 6.54 Å². The van der Waals surface area contributed by atoms with Crippen LogP contribution in [0.4, 0.5) is 0 Å². The molecule has 3 rings (SSSR count). The molecular formula is C18H25NO4. The molecule has 1 aliphatic heterocycles. The fraction of sp³-hybridized carbons (Fsp3) is 0.667. The van der Waals surface area contributed by atoms with Gasteiger partial charge in [0.1, 0.15) is 11.5 Å². The van der Waals surface area contributed by atoms with Crippen molar-refractivity contribution in [1.82, 2.24) is 4.90 Å². The number of aryl methyl sites for hydroxylation is 1. The summed E-state index contributed by atoms with van der Waals surface area (Å²) in [6.07, 6.45) is 5.94. The zero-order chi connectivity index (χ0) is 16.4. The molecule has 1 unspecified atom stereocenters. The highest BCUT2D eigenvalue weighted by Crippen LogP contribution is 2.37. The third-order valence-electron chi connectivity index (χ3n) is 5.26. The smallest absolute Gasteiger partial charge is 0.306 e. The summed E-state index contributed by atoms with van der Waals surface area (Å²) in [6.45, 7) is 2.66. The van der Waals surface area contributed by atoms with Crippen LogP contribution in [0, 0.1) is 18.8 Å². The fourth-order valence-corrected chi connectivity index (χ4v) is 3.97. The predicted octanol–water partition coefficient (Wildman–Crippen LogP) is 3.53. The van der Waals surface area contributed by atoms with Crippen LogP contribution in [0.15, 0.2) is 16.5 Å². The van der Waals surface area contributed by atoms with Gasteiger partial charge in [0.15, 0.2) is 0 Å². The highest BCUT2D eigenvalue weighted by Gasteiger charge is 2.38. The van der Waals surface area contributed by atoms with E-state index in [9.17, 15) is 9.59 Å². The first-order valence-electron chi connectivity index (χ1n) is 8.66. The Bertz CT molecular complexity index is 579. The van der Waals surface area contributed by atoms with Gasteiger partial charge in [0.05, 0.1) is 12.0 Å². The topological polar surface area (TPSA) is 70.8 Å². The first-order valence-corrected chi connectivity index (χ1v) is 8.66. The van der Waals surface area contributed by atoms with E-state index in [0.29, 0.717) is 19.3 Å². The lowest BCUT2D eigenvalue weighted by Gasteiger charge is -2.31. The second kappa shape index (κ2) is 6.77. The molecule has 2 aliphatic rings. The normalized spacial score (nSPS) is 28.6. The third kappa shape index (κ3) is 3.43. The van der Waals surface area contributed by atoms with Crippen molar-refractivity contribution < 1.29 is 19.1 Å². The molecule has 5 heteroatoms. The molecule has 0 bridgehead atoms. The van der Waals surface area contributed by atoms with Crippen LogP contribution >= 0.6 is 0 Å². The molecule has 2 fully saturated rings. The lowest BCUT2D eigenvalue weighted by molar-refractivity contribution is -0.142. The van der Waals surface area contributed by atoms with Crippen molar-refractivity contribution in [3.8, 4) is 0 Å². The average Bonchev–Trinajstić information content (AvgIpc) is 3.10. The lowest BCUT2D eigenvalue weighted by Crippen LogP contribution is -2.38. The SMILES string of the molecule is Cc1ccc(C2CCCCCN2C(=O)[C@@H]2CC[C@H](C(=O)O)C2)o1. The van der Waals surface area contributed by atoms with Gasteiger partial charge in [0, 0.05) is 12.5 Å². The maximum absolute atomic E-state index is 13.0. The van der Waals surface area contributed by atoms with Gasteiger partial charge in [-0.15, -0.1) is 0 Å². The van der Waals surface area contributed by atoms with E-state index in [1.807, 2.05) is 24.0 Å². The Labute approximate surface area is 136 Å². The molecule has 5 nitrogen and oxygen atoms in total. The summed E-state index contributed by atoms with van der Waals surface area (Å²) >= 11 is 0. The van der Waals surface area contributed by atoms with Gasteiger partial charge in [-0.05, 0) is 51.2 Å². The highest BCUT2D eigenvalue weighted by molar-refractivity contribution is 5.81. The van der Waals surface area contributed by atoms with Crippen LogP contribution in [-0.2, 0) is 9.59 Å². The number of carboxylic acid groups (broad SMARTS) is 1. The van der Waals surface area contributed by atoms with Crippen LogP contribution in [0.5, 0.6) is 0 Å². The molecule has 126 valence electrons. The molecule has 0 aromatic carbocycles. The van der Waals surface area contributed by atoms with E-state index < -0.39 is 5.97 Å². The van der Waals surface area contributed by atoms with Crippen molar-refractivity contribution in [3.05, 3.63) is 23.7 Å². The van der Waals surface area contributed by atoms with Crippen LogP contribution < -0.4 is 0 Å². The van der Waals surface area contributed by atoms with Gasteiger partial charge in [0.2, 0.25) is 5.91 Å². The maximum Gasteiger partial charge on any atom is 0.306 e. The number of amides is 1. The Morgan fingerprint density at radius 3 is 2.57 bits per heavy atom. The van der Waals surface area contributed by atoms with E-state index in [1.165, 1.54) is 0 Å². The number of hydrogen-bond acceptors (Lipinski definition) is 3. The largest absolute Gasteiger partial charge is 0.481 e. The Balaban J connectivity index is 1.77. The molecule has 23 heavy (non-hydrogen) atoms. The van der Waals surface area contributed by atoms with Gasteiger partial charge in [-0.25, -0.2) is 0 Å². The average molecular weight is 319 g/mol. The first kappa shape index (κ1) is 16.1. The van der Waals surface area contributed by atoms with E-state index >= 15 is 0 Å². The highest BCUT2D eigenvalue weighted by atomic mass is 16.4. The molecule has 0 spiro atoms. The maximum atomic E-state index is 13.0.